The molecule has 0 spiro atoms. The van der Waals surface area contributed by atoms with Gasteiger partial charge in [-0.3, -0.25) is 4.98 Å². The van der Waals surface area contributed by atoms with Crippen LogP contribution in [0.25, 0.3) is 0 Å². The van der Waals surface area contributed by atoms with E-state index >= 15 is 0 Å². The average molecular weight is 193 g/mol. The summed E-state index contributed by atoms with van der Waals surface area (Å²) in [6.45, 7) is 2.04. The molecule has 0 saturated carbocycles. The predicted octanol–water partition coefficient (Wildman–Crippen LogP) is 1.42. The normalized spacial score (nSPS) is 15.5. The average Bonchev–Trinajstić information content (AvgIpc) is 2.15. The third-order valence-corrected chi connectivity index (χ3v) is 2.31. The summed E-state index contributed by atoms with van der Waals surface area (Å²) in [5.74, 6) is 0. The Kier molecular flexibility index (Phi) is 4.04. The molecule has 2 unspecified atom stereocenters. The Morgan fingerprint density at radius 3 is 2.36 bits per heavy atom. The Labute approximate surface area is 85.9 Å². The number of pyridine rings is 1. The van der Waals surface area contributed by atoms with Gasteiger partial charge in [-0.05, 0) is 45.1 Å². The Morgan fingerprint density at radius 1 is 1.36 bits per heavy atom. The summed E-state index contributed by atoms with van der Waals surface area (Å²) in [6, 6.07) is 4.70. The first-order chi connectivity index (χ1) is 6.61. The zero-order valence-electron chi connectivity index (χ0n) is 9.14. The highest BCUT2D eigenvalue weighted by atomic mass is 15.1. The summed E-state index contributed by atoms with van der Waals surface area (Å²) in [4.78, 5) is 6.21. The molecule has 0 amide bonds. The summed E-state index contributed by atoms with van der Waals surface area (Å²) in [7, 11) is 4.15. The molecular weight excluding hydrogens is 174 g/mol. The molecule has 1 heterocycles. The molecule has 14 heavy (non-hydrogen) atoms. The molecule has 3 nitrogen and oxygen atoms in total. The maximum Gasteiger partial charge on any atom is 0.0357 e. The molecule has 3 heteroatoms. The van der Waals surface area contributed by atoms with Crippen LogP contribution in [0.4, 0.5) is 0 Å². The number of nitrogens with two attached hydrogens (primary N) is 1. The highest BCUT2D eigenvalue weighted by Gasteiger charge is 2.15. The molecule has 2 N–H and O–H groups in total. The number of hydrogen-bond acceptors (Lipinski definition) is 3. The Morgan fingerprint density at radius 2 is 1.93 bits per heavy atom. The van der Waals surface area contributed by atoms with Crippen molar-refractivity contribution >= 4 is 0 Å². The Balaban J connectivity index is 2.78. The predicted molar refractivity (Wildman–Crippen MR) is 58.9 cm³/mol. The van der Waals surface area contributed by atoms with Gasteiger partial charge in [0.05, 0.1) is 0 Å². The highest BCUT2D eigenvalue weighted by molar-refractivity contribution is 5.15. The van der Waals surface area contributed by atoms with Crippen molar-refractivity contribution in [2.45, 2.75) is 25.4 Å². The van der Waals surface area contributed by atoms with Crippen molar-refractivity contribution in [3.05, 3.63) is 30.1 Å². The van der Waals surface area contributed by atoms with Gasteiger partial charge in [-0.2, -0.15) is 0 Å². The molecule has 0 aliphatic rings. The summed E-state index contributed by atoms with van der Waals surface area (Å²) in [6.07, 6.45) is 4.62. The lowest BCUT2D eigenvalue weighted by Crippen LogP contribution is -2.27. The standard InChI is InChI=1S/C11H19N3/c1-9(12)8-11(14(2)3)10-4-6-13-7-5-10/h4-7,9,11H,8,12H2,1-3H3. The van der Waals surface area contributed by atoms with Crippen LogP contribution >= 0.6 is 0 Å². The molecule has 0 fully saturated rings. The largest absolute Gasteiger partial charge is 0.328 e. The maximum absolute atomic E-state index is 5.83. The van der Waals surface area contributed by atoms with Crippen molar-refractivity contribution in [1.82, 2.24) is 9.88 Å². The maximum atomic E-state index is 5.83. The van der Waals surface area contributed by atoms with Crippen LogP contribution in [0.2, 0.25) is 0 Å². The number of rotatable bonds is 4. The van der Waals surface area contributed by atoms with Crippen molar-refractivity contribution in [3.8, 4) is 0 Å². The van der Waals surface area contributed by atoms with E-state index in [-0.39, 0.29) is 6.04 Å². The van der Waals surface area contributed by atoms with E-state index < -0.39 is 0 Å². The van der Waals surface area contributed by atoms with Gasteiger partial charge in [-0.1, -0.05) is 0 Å². The molecule has 1 rings (SSSR count). The van der Waals surface area contributed by atoms with E-state index in [9.17, 15) is 0 Å². The molecule has 1 aromatic rings. The summed E-state index contributed by atoms with van der Waals surface area (Å²) >= 11 is 0. The lowest BCUT2D eigenvalue weighted by Gasteiger charge is -2.26. The van der Waals surface area contributed by atoms with Gasteiger partial charge in [0.1, 0.15) is 0 Å². The minimum atomic E-state index is 0.218. The highest BCUT2D eigenvalue weighted by Crippen LogP contribution is 2.21. The monoisotopic (exact) mass is 193 g/mol. The minimum Gasteiger partial charge on any atom is -0.328 e. The molecule has 0 aliphatic carbocycles. The first-order valence-corrected chi connectivity index (χ1v) is 4.93. The van der Waals surface area contributed by atoms with E-state index in [1.54, 1.807) is 0 Å². The van der Waals surface area contributed by atoms with Crippen molar-refractivity contribution in [1.29, 1.82) is 0 Å². The van der Waals surface area contributed by atoms with Crippen molar-refractivity contribution < 1.29 is 0 Å². The van der Waals surface area contributed by atoms with E-state index in [2.05, 4.69) is 24.0 Å². The van der Waals surface area contributed by atoms with Gasteiger partial charge < -0.3 is 10.6 Å². The first kappa shape index (κ1) is 11.1. The summed E-state index contributed by atoms with van der Waals surface area (Å²) in [5.41, 5.74) is 7.11. The van der Waals surface area contributed by atoms with Gasteiger partial charge in [-0.25, -0.2) is 0 Å². The zero-order chi connectivity index (χ0) is 10.6. The van der Waals surface area contributed by atoms with Crippen LogP contribution in [0.1, 0.15) is 24.9 Å². The second kappa shape index (κ2) is 5.08. The van der Waals surface area contributed by atoms with Crippen LogP contribution in [-0.2, 0) is 0 Å². The van der Waals surface area contributed by atoms with Crippen LogP contribution in [0.3, 0.4) is 0 Å². The summed E-state index contributed by atoms with van der Waals surface area (Å²) < 4.78 is 0. The lowest BCUT2D eigenvalue weighted by atomic mass is 10.0. The summed E-state index contributed by atoms with van der Waals surface area (Å²) in [5, 5.41) is 0. The number of hydrogen-bond donors (Lipinski definition) is 1. The van der Waals surface area contributed by atoms with E-state index in [1.165, 1.54) is 5.56 Å². The zero-order valence-corrected chi connectivity index (χ0v) is 9.14. The van der Waals surface area contributed by atoms with Crippen LogP contribution in [-0.4, -0.2) is 30.0 Å². The van der Waals surface area contributed by atoms with Crippen LogP contribution in [0, 0.1) is 0 Å². The first-order valence-electron chi connectivity index (χ1n) is 4.93. The second-order valence-electron chi connectivity index (χ2n) is 3.97. The van der Waals surface area contributed by atoms with Gasteiger partial charge in [0.2, 0.25) is 0 Å². The molecule has 0 saturated heterocycles. The van der Waals surface area contributed by atoms with Gasteiger partial charge in [0.15, 0.2) is 0 Å². The molecule has 1 aromatic heterocycles. The smallest absolute Gasteiger partial charge is 0.0357 e. The van der Waals surface area contributed by atoms with E-state index in [0.29, 0.717) is 6.04 Å². The van der Waals surface area contributed by atoms with E-state index in [0.717, 1.165) is 6.42 Å². The molecule has 2 atom stereocenters. The fourth-order valence-corrected chi connectivity index (χ4v) is 1.58. The fourth-order valence-electron chi connectivity index (χ4n) is 1.58. The molecule has 0 aliphatic heterocycles. The third-order valence-electron chi connectivity index (χ3n) is 2.31. The number of aromatic nitrogens is 1. The molecule has 0 radical (unpaired) electrons. The van der Waals surface area contributed by atoms with Crippen LogP contribution in [0.5, 0.6) is 0 Å². The fraction of sp³-hybridized carbons (Fsp3) is 0.545. The van der Waals surface area contributed by atoms with E-state index in [4.69, 9.17) is 5.73 Å². The topological polar surface area (TPSA) is 42.1 Å². The quantitative estimate of drug-likeness (QED) is 0.786. The molecule has 0 aromatic carbocycles. The van der Waals surface area contributed by atoms with Crippen molar-refractivity contribution in [2.75, 3.05) is 14.1 Å². The van der Waals surface area contributed by atoms with Gasteiger partial charge in [-0.15, -0.1) is 0 Å². The van der Waals surface area contributed by atoms with Crippen LogP contribution in [0.15, 0.2) is 24.5 Å². The van der Waals surface area contributed by atoms with Crippen LogP contribution < -0.4 is 5.73 Å². The number of nitrogens with zero attached hydrogens (tertiary/aromatic N) is 2. The van der Waals surface area contributed by atoms with E-state index in [1.807, 2.05) is 31.5 Å². The molecular formula is C11H19N3. The van der Waals surface area contributed by atoms with Gasteiger partial charge >= 0.3 is 0 Å². The lowest BCUT2D eigenvalue weighted by molar-refractivity contribution is 0.272. The van der Waals surface area contributed by atoms with Gasteiger partial charge in [0, 0.05) is 24.5 Å². The molecule has 78 valence electrons. The Bertz CT molecular complexity index is 256. The second-order valence-corrected chi connectivity index (χ2v) is 3.97. The van der Waals surface area contributed by atoms with Crippen molar-refractivity contribution in [2.24, 2.45) is 5.73 Å². The molecule has 0 bridgehead atoms. The third kappa shape index (κ3) is 3.09. The van der Waals surface area contributed by atoms with Gasteiger partial charge in [0.25, 0.3) is 0 Å². The van der Waals surface area contributed by atoms with Crippen molar-refractivity contribution in [3.63, 3.8) is 0 Å². The minimum absolute atomic E-state index is 0.218. The Hall–Kier alpha value is -0.930. The SMILES string of the molecule is CC(N)CC(c1ccncc1)N(C)C.